The molecular weight excluding hydrogens is 461 g/mol. The Balaban J connectivity index is 1.60. The molecule has 0 spiro atoms. The lowest BCUT2D eigenvalue weighted by Crippen LogP contribution is -2.28. The maximum Gasteiger partial charge on any atom is 0.298 e. The molecule has 148 valence electrons. The third kappa shape index (κ3) is 3.40. The van der Waals surface area contributed by atoms with Crippen LogP contribution in [0.25, 0.3) is 11.3 Å². The fraction of sp³-hybridized carbons (Fsp3) is 0. The number of carbonyl (C=O) groups excluding carboxylic acids is 1. The lowest BCUT2D eigenvalue weighted by atomic mass is 10.2. The molecule has 0 radical (unpaired) electrons. The Hall–Kier alpha value is -2.37. The highest BCUT2D eigenvalue weighted by Crippen LogP contribution is 2.49. The Labute approximate surface area is 192 Å². The van der Waals surface area contributed by atoms with Gasteiger partial charge in [-0.25, -0.2) is 0 Å². The normalized spacial score (nSPS) is 12.4. The third-order valence-electron chi connectivity index (χ3n) is 4.70. The fourth-order valence-electron chi connectivity index (χ4n) is 3.34. The summed E-state index contributed by atoms with van der Waals surface area (Å²) in [5, 5.41) is 1.58. The van der Waals surface area contributed by atoms with E-state index in [2.05, 4.69) is 0 Å². The highest BCUT2D eigenvalue weighted by Gasteiger charge is 2.31. The number of nitrogens with zero attached hydrogens (tertiary/aromatic N) is 1. The smallest absolute Gasteiger partial charge is 0.298 e. The van der Waals surface area contributed by atoms with E-state index in [1.54, 1.807) is 53.1 Å². The molecule has 4 aromatic rings. The quantitative estimate of drug-likeness (QED) is 0.294. The summed E-state index contributed by atoms with van der Waals surface area (Å²) in [4.78, 5) is 17.1. The molecule has 0 atom stereocenters. The molecule has 0 aliphatic carbocycles. The number of fused-ring (bicyclic) bond motifs is 2. The van der Waals surface area contributed by atoms with Gasteiger partial charge in [-0.1, -0.05) is 58.7 Å². The van der Waals surface area contributed by atoms with Gasteiger partial charge in [-0.15, -0.1) is 0 Å². The third-order valence-corrected chi connectivity index (χ3v) is 6.63. The van der Waals surface area contributed by atoms with Crippen molar-refractivity contribution in [1.29, 1.82) is 0 Å². The van der Waals surface area contributed by atoms with Crippen LogP contribution in [0.4, 0.5) is 11.4 Å². The Morgan fingerprint density at radius 2 is 1.53 bits per heavy atom. The average Bonchev–Trinajstić information content (AvgIpc) is 3.23. The summed E-state index contributed by atoms with van der Waals surface area (Å²) in [5.74, 6) is 0.362. The van der Waals surface area contributed by atoms with Crippen LogP contribution in [-0.2, 0) is 0 Å². The molecule has 30 heavy (non-hydrogen) atoms. The van der Waals surface area contributed by atoms with Crippen LogP contribution in [0.3, 0.4) is 0 Å². The second-order valence-corrected chi connectivity index (χ2v) is 8.97. The van der Waals surface area contributed by atoms with Gasteiger partial charge in [0.15, 0.2) is 5.76 Å². The monoisotopic (exact) mass is 471 g/mol. The Bertz CT molecular complexity index is 1300. The van der Waals surface area contributed by atoms with Gasteiger partial charge in [0, 0.05) is 25.4 Å². The number of rotatable bonds is 2. The summed E-state index contributed by atoms with van der Waals surface area (Å²) >= 11 is 20.2. The lowest BCUT2D eigenvalue weighted by Gasteiger charge is -2.30. The number of hydrogen-bond donors (Lipinski definition) is 0. The Kier molecular flexibility index (Phi) is 5.03. The predicted octanol–water partition coefficient (Wildman–Crippen LogP) is 8.35. The van der Waals surface area contributed by atoms with E-state index < -0.39 is 0 Å². The number of benzene rings is 3. The van der Waals surface area contributed by atoms with Gasteiger partial charge in [-0.05, 0) is 60.7 Å². The zero-order chi connectivity index (χ0) is 20.8. The van der Waals surface area contributed by atoms with Crippen molar-refractivity contribution in [2.24, 2.45) is 0 Å². The molecular formula is C23H12Cl3NO2S. The van der Waals surface area contributed by atoms with E-state index in [0.717, 1.165) is 21.2 Å². The molecule has 3 aromatic carbocycles. The fourth-order valence-corrected chi connectivity index (χ4v) is 4.93. The molecule has 1 amide bonds. The maximum absolute atomic E-state index is 13.6. The van der Waals surface area contributed by atoms with E-state index in [0.29, 0.717) is 26.4 Å². The van der Waals surface area contributed by atoms with Crippen LogP contribution < -0.4 is 4.90 Å². The van der Waals surface area contributed by atoms with Gasteiger partial charge in [-0.3, -0.25) is 9.69 Å². The number of halogens is 3. The standard InChI is InChI=1S/C23H12Cl3NO2S/c24-13-5-7-16(26)15(11-13)19-8-9-20(29-19)23(28)27-17-3-1-2-4-21(17)30-22-10-6-14(25)12-18(22)27/h1-12H. The summed E-state index contributed by atoms with van der Waals surface area (Å²) in [7, 11) is 0. The van der Waals surface area contributed by atoms with Crippen LogP contribution in [0, 0.1) is 0 Å². The summed E-state index contributed by atoms with van der Waals surface area (Å²) in [5.41, 5.74) is 2.12. The molecule has 5 rings (SSSR count). The number of amides is 1. The summed E-state index contributed by atoms with van der Waals surface area (Å²) in [6.07, 6.45) is 0. The van der Waals surface area contributed by atoms with E-state index in [4.69, 9.17) is 39.2 Å². The first-order valence-electron chi connectivity index (χ1n) is 8.97. The van der Waals surface area contributed by atoms with Gasteiger partial charge >= 0.3 is 0 Å². The first-order chi connectivity index (χ1) is 14.5. The number of para-hydroxylation sites is 1. The molecule has 0 bridgehead atoms. The SMILES string of the molecule is O=C(c1ccc(-c2cc(Cl)ccc2Cl)o1)N1c2ccccc2Sc2ccc(Cl)cc21. The average molecular weight is 473 g/mol. The molecule has 0 saturated carbocycles. The summed E-state index contributed by atoms with van der Waals surface area (Å²) < 4.78 is 5.91. The van der Waals surface area contributed by atoms with Crippen molar-refractivity contribution in [2.75, 3.05) is 4.90 Å². The highest BCUT2D eigenvalue weighted by atomic mass is 35.5. The number of carbonyl (C=O) groups is 1. The van der Waals surface area contributed by atoms with Gasteiger partial charge in [0.2, 0.25) is 0 Å². The van der Waals surface area contributed by atoms with E-state index in [1.807, 2.05) is 36.4 Å². The predicted molar refractivity (Wildman–Crippen MR) is 123 cm³/mol. The van der Waals surface area contributed by atoms with Gasteiger partial charge < -0.3 is 4.42 Å². The lowest BCUT2D eigenvalue weighted by molar-refractivity contribution is 0.0972. The molecule has 1 aromatic heterocycles. The van der Waals surface area contributed by atoms with E-state index in [-0.39, 0.29) is 11.7 Å². The largest absolute Gasteiger partial charge is 0.451 e. The number of furan rings is 1. The van der Waals surface area contributed by atoms with Crippen LogP contribution in [0.2, 0.25) is 15.1 Å². The van der Waals surface area contributed by atoms with Crippen molar-refractivity contribution >= 4 is 63.8 Å². The van der Waals surface area contributed by atoms with Crippen molar-refractivity contribution in [1.82, 2.24) is 0 Å². The second-order valence-electron chi connectivity index (χ2n) is 6.61. The van der Waals surface area contributed by atoms with Gasteiger partial charge in [0.25, 0.3) is 5.91 Å². The molecule has 3 nitrogen and oxygen atoms in total. The Morgan fingerprint density at radius 3 is 2.40 bits per heavy atom. The summed E-state index contributed by atoms with van der Waals surface area (Å²) in [6.45, 7) is 0. The van der Waals surface area contributed by atoms with E-state index >= 15 is 0 Å². The molecule has 1 aliphatic rings. The van der Waals surface area contributed by atoms with Crippen LogP contribution in [0.1, 0.15) is 10.6 Å². The minimum absolute atomic E-state index is 0.189. The minimum Gasteiger partial charge on any atom is -0.451 e. The zero-order valence-corrected chi connectivity index (χ0v) is 18.3. The van der Waals surface area contributed by atoms with Crippen molar-refractivity contribution in [3.8, 4) is 11.3 Å². The summed E-state index contributed by atoms with van der Waals surface area (Å²) in [6, 6.07) is 21.7. The van der Waals surface area contributed by atoms with Crippen molar-refractivity contribution in [3.05, 3.63) is 93.6 Å². The molecule has 0 fully saturated rings. The zero-order valence-electron chi connectivity index (χ0n) is 15.2. The maximum atomic E-state index is 13.6. The highest BCUT2D eigenvalue weighted by molar-refractivity contribution is 7.99. The van der Waals surface area contributed by atoms with Crippen LogP contribution >= 0.6 is 46.6 Å². The second kappa shape index (κ2) is 7.71. The van der Waals surface area contributed by atoms with E-state index in [1.165, 1.54) is 0 Å². The van der Waals surface area contributed by atoms with Gasteiger partial charge in [0.05, 0.1) is 16.4 Å². The van der Waals surface area contributed by atoms with Crippen LogP contribution in [-0.4, -0.2) is 5.91 Å². The molecule has 1 aliphatic heterocycles. The molecule has 0 saturated heterocycles. The molecule has 2 heterocycles. The Morgan fingerprint density at radius 1 is 0.800 bits per heavy atom. The first-order valence-corrected chi connectivity index (χ1v) is 10.9. The van der Waals surface area contributed by atoms with Crippen LogP contribution in [0.5, 0.6) is 0 Å². The number of anilines is 2. The van der Waals surface area contributed by atoms with Crippen molar-refractivity contribution in [3.63, 3.8) is 0 Å². The van der Waals surface area contributed by atoms with Gasteiger partial charge in [0.1, 0.15) is 5.76 Å². The minimum atomic E-state index is -0.296. The first kappa shape index (κ1) is 19.6. The number of hydrogen-bond acceptors (Lipinski definition) is 3. The topological polar surface area (TPSA) is 33.5 Å². The van der Waals surface area contributed by atoms with Gasteiger partial charge in [-0.2, -0.15) is 0 Å². The van der Waals surface area contributed by atoms with Crippen molar-refractivity contribution < 1.29 is 9.21 Å². The van der Waals surface area contributed by atoms with Crippen LogP contribution in [0.15, 0.2) is 87.0 Å². The molecule has 0 unspecified atom stereocenters. The molecule has 0 N–H and O–H groups in total. The van der Waals surface area contributed by atoms with E-state index in [9.17, 15) is 4.79 Å². The van der Waals surface area contributed by atoms with Crippen molar-refractivity contribution in [2.45, 2.75) is 9.79 Å². The molecule has 7 heteroatoms.